The van der Waals surface area contributed by atoms with Gasteiger partial charge in [0.2, 0.25) is 0 Å². The van der Waals surface area contributed by atoms with Gasteiger partial charge < -0.3 is 10.2 Å². The molecule has 0 aliphatic heterocycles. The van der Waals surface area contributed by atoms with Crippen molar-refractivity contribution in [2.75, 3.05) is 0 Å². The zero-order valence-corrected chi connectivity index (χ0v) is 8.49. The highest BCUT2D eigenvalue weighted by Gasteiger charge is 2.20. The smallest absolute Gasteiger partial charge is 0.308 e. The number of hydrogen-bond acceptors (Lipinski definition) is 2. The summed E-state index contributed by atoms with van der Waals surface area (Å²) < 4.78 is 0. The Hall–Kier alpha value is -0.570. The molecule has 13 heavy (non-hydrogen) atoms. The van der Waals surface area contributed by atoms with Gasteiger partial charge in [-0.3, -0.25) is 4.79 Å². The highest BCUT2D eigenvalue weighted by atomic mass is 16.4. The summed E-state index contributed by atoms with van der Waals surface area (Å²) in [6.45, 7) is 3.67. The van der Waals surface area contributed by atoms with Gasteiger partial charge in [0, 0.05) is 0 Å². The zero-order chi connectivity index (χ0) is 10.3. The van der Waals surface area contributed by atoms with E-state index in [9.17, 15) is 9.90 Å². The Morgan fingerprint density at radius 3 is 2.38 bits per heavy atom. The zero-order valence-electron chi connectivity index (χ0n) is 8.49. The number of rotatable bonds is 7. The van der Waals surface area contributed by atoms with Crippen molar-refractivity contribution in [1.29, 1.82) is 0 Å². The first-order chi connectivity index (χ1) is 6.09. The molecular weight excluding hydrogens is 168 g/mol. The number of carboxylic acids is 1. The second-order valence-electron chi connectivity index (χ2n) is 3.54. The number of hydrogen-bond donors (Lipinski definition) is 2. The third-order valence-corrected chi connectivity index (χ3v) is 2.32. The average Bonchev–Trinajstić information content (AvgIpc) is 2.10. The molecule has 0 rings (SSSR count). The summed E-state index contributed by atoms with van der Waals surface area (Å²) in [5, 5.41) is 18.0. The van der Waals surface area contributed by atoms with Gasteiger partial charge in [0.15, 0.2) is 0 Å². The van der Waals surface area contributed by atoms with Gasteiger partial charge in [0.25, 0.3) is 0 Å². The molecule has 0 bridgehead atoms. The van der Waals surface area contributed by atoms with Crippen molar-refractivity contribution >= 4 is 5.97 Å². The maximum atomic E-state index is 10.5. The van der Waals surface area contributed by atoms with Gasteiger partial charge in [-0.15, -0.1) is 0 Å². The number of carbonyl (C=O) groups is 1. The van der Waals surface area contributed by atoms with Crippen LogP contribution in [-0.2, 0) is 4.79 Å². The van der Waals surface area contributed by atoms with E-state index in [1.807, 2.05) is 0 Å². The largest absolute Gasteiger partial charge is 0.481 e. The Morgan fingerprint density at radius 1 is 1.31 bits per heavy atom. The van der Waals surface area contributed by atoms with Gasteiger partial charge in [-0.25, -0.2) is 0 Å². The normalized spacial score (nSPS) is 15.3. The van der Waals surface area contributed by atoms with Gasteiger partial charge in [0.1, 0.15) is 0 Å². The van der Waals surface area contributed by atoms with E-state index in [4.69, 9.17) is 5.11 Å². The molecule has 0 aromatic rings. The van der Waals surface area contributed by atoms with E-state index in [1.54, 1.807) is 6.92 Å². The lowest BCUT2D eigenvalue weighted by Crippen LogP contribution is -2.25. The Morgan fingerprint density at radius 2 is 1.92 bits per heavy atom. The van der Waals surface area contributed by atoms with Crippen LogP contribution in [0.5, 0.6) is 0 Å². The van der Waals surface area contributed by atoms with Crippen LogP contribution in [0.3, 0.4) is 0 Å². The molecule has 0 saturated heterocycles. The molecule has 3 heteroatoms. The van der Waals surface area contributed by atoms with Crippen molar-refractivity contribution in [3.05, 3.63) is 0 Å². The van der Waals surface area contributed by atoms with Crippen LogP contribution in [-0.4, -0.2) is 22.3 Å². The standard InChI is InChI=1S/C10H20O3/c1-3-4-5-6-7-9(11)8(2)10(12)13/h8-9,11H,3-7H2,1-2H3,(H,12,13)/t8-,9-/m1/s1. The summed E-state index contributed by atoms with van der Waals surface area (Å²) in [4.78, 5) is 10.5. The molecule has 0 aliphatic rings. The summed E-state index contributed by atoms with van der Waals surface area (Å²) in [6.07, 6.45) is 4.24. The maximum absolute atomic E-state index is 10.5. The molecular formula is C10H20O3. The predicted octanol–water partition coefficient (Wildman–Crippen LogP) is 2.04. The Balaban J connectivity index is 3.50. The molecule has 0 aromatic heterocycles. The van der Waals surface area contributed by atoms with Gasteiger partial charge in [0.05, 0.1) is 12.0 Å². The van der Waals surface area contributed by atoms with Crippen LogP contribution in [0.15, 0.2) is 0 Å². The van der Waals surface area contributed by atoms with Crippen LogP contribution in [0.2, 0.25) is 0 Å². The lowest BCUT2D eigenvalue weighted by molar-refractivity contribution is -0.144. The van der Waals surface area contributed by atoms with E-state index in [1.165, 1.54) is 0 Å². The fourth-order valence-corrected chi connectivity index (χ4v) is 1.19. The molecule has 3 nitrogen and oxygen atoms in total. The van der Waals surface area contributed by atoms with Crippen molar-refractivity contribution in [3.63, 3.8) is 0 Å². The van der Waals surface area contributed by atoms with Crippen LogP contribution in [0, 0.1) is 5.92 Å². The van der Waals surface area contributed by atoms with Gasteiger partial charge in [-0.05, 0) is 13.3 Å². The fraction of sp³-hybridized carbons (Fsp3) is 0.900. The third kappa shape index (κ3) is 5.64. The van der Waals surface area contributed by atoms with Crippen LogP contribution >= 0.6 is 0 Å². The van der Waals surface area contributed by atoms with Gasteiger partial charge >= 0.3 is 5.97 Å². The first-order valence-corrected chi connectivity index (χ1v) is 5.00. The molecule has 0 radical (unpaired) electrons. The average molecular weight is 188 g/mol. The van der Waals surface area contributed by atoms with Crippen LogP contribution in [0.1, 0.15) is 46.0 Å². The van der Waals surface area contributed by atoms with Crippen molar-refractivity contribution in [3.8, 4) is 0 Å². The molecule has 2 atom stereocenters. The van der Waals surface area contributed by atoms with Gasteiger partial charge in [-0.2, -0.15) is 0 Å². The van der Waals surface area contributed by atoms with E-state index in [0.717, 1.165) is 25.7 Å². The molecule has 78 valence electrons. The van der Waals surface area contributed by atoms with Crippen LogP contribution < -0.4 is 0 Å². The second kappa shape index (κ2) is 6.89. The van der Waals surface area contributed by atoms with Crippen LogP contribution in [0.4, 0.5) is 0 Å². The monoisotopic (exact) mass is 188 g/mol. The first-order valence-electron chi connectivity index (χ1n) is 5.00. The summed E-state index contributed by atoms with van der Waals surface area (Å²) in [6, 6.07) is 0. The first kappa shape index (κ1) is 12.4. The van der Waals surface area contributed by atoms with E-state index < -0.39 is 18.0 Å². The Labute approximate surface area is 79.8 Å². The molecule has 0 aliphatic carbocycles. The van der Waals surface area contributed by atoms with Crippen molar-refractivity contribution in [2.24, 2.45) is 5.92 Å². The van der Waals surface area contributed by atoms with E-state index >= 15 is 0 Å². The number of carboxylic acid groups (broad SMARTS) is 1. The summed E-state index contributed by atoms with van der Waals surface area (Å²) in [5.74, 6) is -1.55. The molecule has 2 N–H and O–H groups in total. The quantitative estimate of drug-likeness (QED) is 0.601. The minimum atomic E-state index is -0.914. The fourth-order valence-electron chi connectivity index (χ4n) is 1.19. The molecule has 0 amide bonds. The SMILES string of the molecule is CCCCCC[C@@H](O)[C@@H](C)C(=O)O. The number of aliphatic hydroxyl groups excluding tert-OH is 1. The number of aliphatic carboxylic acids is 1. The second-order valence-corrected chi connectivity index (χ2v) is 3.54. The number of unbranched alkanes of at least 4 members (excludes halogenated alkanes) is 3. The van der Waals surface area contributed by atoms with Crippen molar-refractivity contribution in [1.82, 2.24) is 0 Å². The molecule has 0 heterocycles. The van der Waals surface area contributed by atoms with E-state index in [-0.39, 0.29) is 0 Å². The number of aliphatic hydroxyl groups is 1. The van der Waals surface area contributed by atoms with E-state index in [0.29, 0.717) is 6.42 Å². The summed E-state index contributed by atoms with van der Waals surface area (Å²) in [7, 11) is 0. The lowest BCUT2D eigenvalue weighted by Gasteiger charge is -2.14. The highest BCUT2D eigenvalue weighted by Crippen LogP contribution is 2.12. The maximum Gasteiger partial charge on any atom is 0.308 e. The molecule has 0 aromatic carbocycles. The molecule has 0 unspecified atom stereocenters. The molecule has 0 fully saturated rings. The predicted molar refractivity (Wildman–Crippen MR) is 51.6 cm³/mol. The topological polar surface area (TPSA) is 57.5 Å². The highest BCUT2D eigenvalue weighted by molar-refractivity contribution is 5.70. The van der Waals surface area contributed by atoms with E-state index in [2.05, 4.69) is 6.92 Å². The minimum Gasteiger partial charge on any atom is -0.481 e. The lowest BCUT2D eigenvalue weighted by atomic mass is 9.99. The molecule has 0 saturated carbocycles. The summed E-state index contributed by atoms with van der Waals surface area (Å²) >= 11 is 0. The van der Waals surface area contributed by atoms with Crippen LogP contribution in [0.25, 0.3) is 0 Å². The third-order valence-electron chi connectivity index (χ3n) is 2.32. The minimum absolute atomic E-state index is 0.605. The molecule has 0 spiro atoms. The summed E-state index contributed by atoms with van der Waals surface area (Å²) in [5.41, 5.74) is 0. The van der Waals surface area contributed by atoms with Crippen molar-refractivity contribution < 1.29 is 15.0 Å². The Kier molecular flexibility index (Phi) is 6.59. The van der Waals surface area contributed by atoms with Crippen molar-refractivity contribution in [2.45, 2.75) is 52.1 Å². The van der Waals surface area contributed by atoms with Gasteiger partial charge in [-0.1, -0.05) is 32.6 Å². The Bertz CT molecular complexity index is 145.